The van der Waals surface area contributed by atoms with Gasteiger partial charge in [-0.3, -0.25) is 9.48 Å². The van der Waals surface area contributed by atoms with Crippen LogP contribution in [0.4, 0.5) is 17.6 Å². The lowest BCUT2D eigenvalue weighted by atomic mass is 10.0. The van der Waals surface area contributed by atoms with E-state index in [1.807, 2.05) is 0 Å². The predicted molar refractivity (Wildman–Crippen MR) is 137 cm³/mol. The summed E-state index contributed by atoms with van der Waals surface area (Å²) in [7, 11) is 1.12. The molecule has 202 valence electrons. The van der Waals surface area contributed by atoms with Crippen LogP contribution in [0, 0.1) is 0 Å². The van der Waals surface area contributed by atoms with Crippen LogP contribution in [0.2, 0.25) is 0 Å². The number of aromatic nitrogens is 5. The summed E-state index contributed by atoms with van der Waals surface area (Å²) >= 11 is 0. The molecule has 3 heterocycles. The number of hydrogen-bond donors (Lipinski definition) is 0. The number of ether oxygens (including phenoxy) is 2. The molecule has 0 aliphatic carbocycles. The van der Waals surface area contributed by atoms with Crippen molar-refractivity contribution in [3.63, 3.8) is 0 Å². The van der Waals surface area contributed by atoms with Crippen molar-refractivity contribution >= 4 is 31.3 Å². The van der Waals surface area contributed by atoms with Gasteiger partial charge in [0.15, 0.2) is 6.61 Å². The van der Waals surface area contributed by atoms with E-state index in [0.717, 1.165) is 10.1 Å². The number of rotatable bonds is 10. The summed E-state index contributed by atoms with van der Waals surface area (Å²) < 4.78 is 76.2. The Balaban J connectivity index is 1.78. The number of benzene rings is 2. The van der Waals surface area contributed by atoms with Gasteiger partial charge in [0.2, 0.25) is 5.88 Å². The van der Waals surface area contributed by atoms with Crippen LogP contribution in [-0.4, -0.2) is 45.5 Å². The minimum Gasteiger partial charge on any atom is -0.472 e. The number of aryl methyl sites for hydroxylation is 1. The molecule has 0 spiro atoms. The molecule has 0 radical (unpaired) electrons. The summed E-state index contributed by atoms with van der Waals surface area (Å²) in [6.07, 6.45) is -1.00. The van der Waals surface area contributed by atoms with Gasteiger partial charge in [-0.25, -0.2) is 13.8 Å². The molecule has 2 aromatic carbocycles. The molecule has 5 rings (SSSR count). The first-order chi connectivity index (χ1) is 19.2. The van der Waals surface area contributed by atoms with Gasteiger partial charge in [-0.05, 0) is 35.9 Å². The number of halogens is 4. The first-order valence-electron chi connectivity index (χ1n) is 11.9. The maximum Gasteiger partial charge on any atom is 0.387 e. The van der Waals surface area contributed by atoms with Gasteiger partial charge >= 0.3 is 6.61 Å². The summed E-state index contributed by atoms with van der Waals surface area (Å²) in [5.74, 6) is -0.326. The third kappa shape index (κ3) is 5.55. The molecule has 0 bridgehead atoms. The Kier molecular flexibility index (Phi) is 7.08. The van der Waals surface area contributed by atoms with Gasteiger partial charge in [0.05, 0.1) is 24.7 Å². The number of nitrogens with zero attached hydrogens (tertiary/aromatic N) is 5. The topological polar surface area (TPSA) is 93.3 Å². The fraction of sp³-hybridized carbons (Fsp3) is 0.200. The monoisotopic (exact) mass is 563 g/mol. The number of pyridine rings is 1. The molecule has 1 unspecified atom stereocenters. The molecule has 0 saturated heterocycles. The van der Waals surface area contributed by atoms with Crippen molar-refractivity contribution < 1.29 is 31.6 Å². The van der Waals surface area contributed by atoms with Crippen LogP contribution >= 0.6 is 9.41 Å². The zero-order valence-corrected chi connectivity index (χ0v) is 21.1. The Labute approximate surface area is 221 Å². The Morgan fingerprint density at radius 2 is 1.85 bits per heavy atom. The molecule has 0 saturated carbocycles. The maximum atomic E-state index is 14.0. The lowest BCUT2D eigenvalue weighted by molar-refractivity contribution is -0.0498. The fourth-order valence-corrected chi connectivity index (χ4v) is 4.28. The molecule has 0 aliphatic rings. The van der Waals surface area contributed by atoms with Crippen LogP contribution in [0.15, 0.2) is 59.5 Å². The molecule has 14 heteroatoms. The zero-order chi connectivity index (χ0) is 28.4. The average molecular weight is 563 g/mol. The summed E-state index contributed by atoms with van der Waals surface area (Å²) in [6.45, 7) is -4.12. The second kappa shape index (κ2) is 11.0. The first kappa shape index (κ1) is 25.2. The molecule has 0 fully saturated rings. The van der Waals surface area contributed by atoms with Crippen LogP contribution in [0.5, 0.6) is 11.6 Å². The largest absolute Gasteiger partial charge is 0.472 e. The van der Waals surface area contributed by atoms with E-state index in [1.54, 1.807) is 36.1 Å². The van der Waals surface area contributed by atoms with Gasteiger partial charge in [-0.1, -0.05) is 12.1 Å². The van der Waals surface area contributed by atoms with E-state index in [-0.39, 0.29) is 40.4 Å². The van der Waals surface area contributed by atoms with E-state index in [9.17, 15) is 22.4 Å². The maximum absolute atomic E-state index is 14.0. The van der Waals surface area contributed by atoms with Crippen LogP contribution < -0.4 is 15.0 Å². The van der Waals surface area contributed by atoms with Gasteiger partial charge in [0.25, 0.3) is 12.0 Å². The van der Waals surface area contributed by atoms with Crippen LogP contribution in [0.3, 0.4) is 0 Å². The number of hydrogen-bond acceptors (Lipinski definition) is 7. The fourth-order valence-electron chi connectivity index (χ4n) is 4.12. The van der Waals surface area contributed by atoms with Gasteiger partial charge in [0, 0.05) is 39.7 Å². The summed E-state index contributed by atoms with van der Waals surface area (Å²) in [5.41, 5.74) is 1.32. The van der Waals surface area contributed by atoms with Gasteiger partial charge in [-0.2, -0.15) is 23.7 Å². The van der Waals surface area contributed by atoms with Crippen molar-refractivity contribution in [2.45, 2.75) is 19.6 Å². The molecular weight excluding hydrogens is 541 g/mol. The predicted octanol–water partition coefficient (Wildman–Crippen LogP) is 4.89. The van der Waals surface area contributed by atoms with E-state index in [2.05, 4.69) is 19.9 Å². The van der Waals surface area contributed by atoms with Crippen molar-refractivity contribution in [1.29, 1.82) is 1.28 Å². The van der Waals surface area contributed by atoms with Gasteiger partial charge in [0.1, 0.15) is 16.8 Å². The second-order valence-electron chi connectivity index (χ2n) is 8.35. The molecular formula is C25H20F4N5O4P. The second-order valence-corrected chi connectivity index (χ2v) is 8.64. The third-order valence-corrected chi connectivity index (χ3v) is 5.84. The lowest BCUT2D eigenvalue weighted by Gasteiger charge is -2.15. The van der Waals surface area contributed by atoms with Crippen molar-refractivity contribution in [2.75, 3.05) is 6.61 Å². The van der Waals surface area contributed by atoms with Crippen molar-refractivity contribution in [2.24, 2.45) is 7.05 Å². The molecule has 9 nitrogen and oxygen atoms in total. The third-order valence-electron chi connectivity index (χ3n) is 5.69. The first-order valence-corrected chi connectivity index (χ1v) is 11.8. The van der Waals surface area contributed by atoms with Crippen molar-refractivity contribution in [3.05, 3.63) is 70.6 Å². The normalized spacial score (nSPS) is 12.3. The molecule has 3 aromatic heterocycles. The summed E-state index contributed by atoms with van der Waals surface area (Å²) in [5, 5.41) is 9.62. The van der Waals surface area contributed by atoms with Gasteiger partial charge in [-0.15, -0.1) is 0 Å². The van der Waals surface area contributed by atoms with Crippen LogP contribution in [-0.2, 0) is 18.2 Å². The van der Waals surface area contributed by atoms with E-state index < -0.39 is 34.6 Å². The highest BCUT2D eigenvalue weighted by Crippen LogP contribution is 2.31. The van der Waals surface area contributed by atoms with Crippen LogP contribution in [0.1, 0.15) is 5.56 Å². The Bertz CT molecular complexity index is 1730. The van der Waals surface area contributed by atoms with E-state index >= 15 is 0 Å². The van der Waals surface area contributed by atoms with Crippen molar-refractivity contribution in [1.82, 2.24) is 24.5 Å². The smallest absolute Gasteiger partial charge is 0.387 e. The molecule has 0 amide bonds. The molecule has 1 atom stereocenters. The van der Waals surface area contributed by atoms with E-state index in [4.69, 9.17) is 10.5 Å². The highest BCUT2D eigenvalue weighted by atomic mass is 31.0. The standard InChI is InChI=1S/C25H20F4N5O4P/c1-33-10-14-8-16(4-7-18(14)31-33)34-24(35)21(13-2-5-17(6-3-13)38-25(28)29)23-22(32-34)15(11-37-39)9-20(30-23)36-12-19(26)27/h2-10,19,25H,11-12,39H2,1H3/i39T. The van der Waals surface area contributed by atoms with Gasteiger partial charge < -0.3 is 14.0 Å². The van der Waals surface area contributed by atoms with E-state index in [0.29, 0.717) is 16.8 Å². The molecule has 0 aliphatic heterocycles. The zero-order valence-electron chi connectivity index (χ0n) is 21.1. The molecule has 0 N–H and O–H groups in total. The van der Waals surface area contributed by atoms with E-state index in [1.165, 1.54) is 30.3 Å². The minimum absolute atomic E-state index is 0.0111. The number of fused-ring (bicyclic) bond motifs is 2. The average Bonchev–Trinajstić information content (AvgIpc) is 3.29. The number of alkyl halides is 4. The summed E-state index contributed by atoms with van der Waals surface area (Å²) in [4.78, 5) is 18.3. The minimum atomic E-state index is -3.04. The Morgan fingerprint density at radius 3 is 2.56 bits per heavy atom. The summed E-state index contributed by atoms with van der Waals surface area (Å²) in [6, 6.07) is 11.8. The Morgan fingerprint density at radius 1 is 1.05 bits per heavy atom. The Hall–Kier alpha value is -4.09. The quantitative estimate of drug-likeness (QED) is 0.177. The van der Waals surface area contributed by atoms with Crippen LogP contribution in [0.25, 0.3) is 38.8 Å². The highest BCUT2D eigenvalue weighted by Gasteiger charge is 2.21. The lowest BCUT2D eigenvalue weighted by Crippen LogP contribution is -2.24. The SMILES string of the molecule is [3H]POCc1cc(OCC(F)F)nc2c(-c3ccc(OC(F)F)cc3)c(=O)n(-c3ccc4nn(C)cc4c3)nc12. The van der Waals surface area contributed by atoms with Crippen molar-refractivity contribution in [3.8, 4) is 28.4 Å². The highest BCUT2D eigenvalue weighted by molar-refractivity contribution is 7.09. The molecule has 5 aromatic rings. The molecule has 39 heavy (non-hydrogen) atoms.